The van der Waals surface area contributed by atoms with Crippen molar-refractivity contribution in [3.05, 3.63) is 46.2 Å². The summed E-state index contributed by atoms with van der Waals surface area (Å²) in [6, 6.07) is 8.81. The van der Waals surface area contributed by atoms with Crippen LogP contribution in [0.15, 0.2) is 35.7 Å². The third kappa shape index (κ3) is 2.81. The third-order valence-corrected chi connectivity index (χ3v) is 3.23. The van der Waals surface area contributed by atoms with Crippen LogP contribution in [0, 0.1) is 0 Å². The Hall–Kier alpha value is -2.01. The summed E-state index contributed by atoms with van der Waals surface area (Å²) < 4.78 is 10.2. The molecule has 0 spiro atoms. The van der Waals surface area contributed by atoms with Crippen LogP contribution in [0.3, 0.4) is 0 Å². The first-order valence-electron chi connectivity index (χ1n) is 5.33. The summed E-state index contributed by atoms with van der Waals surface area (Å²) in [7, 11) is 1.33. The normalized spacial score (nSPS) is 10.1. The summed E-state index contributed by atoms with van der Waals surface area (Å²) in [6.45, 7) is 0.472. The lowest BCUT2D eigenvalue weighted by molar-refractivity contribution is 0.0601. The van der Waals surface area contributed by atoms with Gasteiger partial charge in [-0.2, -0.15) is 0 Å². The Bertz CT molecular complexity index is 537. The van der Waals surface area contributed by atoms with Crippen LogP contribution in [0.4, 0.5) is 5.69 Å². The fourth-order valence-corrected chi connectivity index (χ4v) is 2.08. The number of carbonyl (C=O) groups is 1. The number of hydrogen-bond donors (Lipinski definition) is 1. The summed E-state index contributed by atoms with van der Waals surface area (Å²) in [5.41, 5.74) is 6.66. The molecule has 2 aromatic rings. The standard InChI is InChI=1S/C13H13NO3S/c1-16-13(15)9-4-5-12(11(14)7-9)17-8-10-3-2-6-18-10/h2-7H,8,14H2,1H3. The molecule has 0 saturated heterocycles. The first-order chi connectivity index (χ1) is 8.70. The molecule has 0 bridgehead atoms. The van der Waals surface area contributed by atoms with Gasteiger partial charge in [0.05, 0.1) is 18.4 Å². The number of rotatable bonds is 4. The van der Waals surface area contributed by atoms with Crippen molar-refractivity contribution in [1.82, 2.24) is 0 Å². The number of benzene rings is 1. The van der Waals surface area contributed by atoms with E-state index in [0.717, 1.165) is 4.88 Å². The van der Waals surface area contributed by atoms with E-state index in [1.807, 2.05) is 17.5 Å². The second-order valence-corrected chi connectivity index (χ2v) is 4.64. The fraction of sp³-hybridized carbons (Fsp3) is 0.154. The first-order valence-corrected chi connectivity index (χ1v) is 6.21. The van der Waals surface area contributed by atoms with E-state index in [9.17, 15) is 4.79 Å². The number of hydrogen-bond acceptors (Lipinski definition) is 5. The van der Waals surface area contributed by atoms with Gasteiger partial charge in [0.2, 0.25) is 0 Å². The van der Waals surface area contributed by atoms with Crippen molar-refractivity contribution in [1.29, 1.82) is 0 Å². The van der Waals surface area contributed by atoms with Gasteiger partial charge in [0.15, 0.2) is 0 Å². The molecular formula is C13H13NO3S. The van der Waals surface area contributed by atoms with Crippen molar-refractivity contribution in [2.24, 2.45) is 0 Å². The van der Waals surface area contributed by atoms with Crippen LogP contribution < -0.4 is 10.5 Å². The number of nitrogens with two attached hydrogens (primary N) is 1. The lowest BCUT2D eigenvalue weighted by Gasteiger charge is -2.09. The van der Waals surface area contributed by atoms with Gasteiger partial charge < -0.3 is 15.2 Å². The number of nitrogen functional groups attached to an aromatic ring is 1. The fourth-order valence-electron chi connectivity index (χ4n) is 1.47. The second kappa shape index (κ2) is 5.55. The topological polar surface area (TPSA) is 61.5 Å². The van der Waals surface area contributed by atoms with Gasteiger partial charge in [-0.25, -0.2) is 4.79 Å². The highest BCUT2D eigenvalue weighted by molar-refractivity contribution is 7.09. The average Bonchev–Trinajstić information content (AvgIpc) is 2.89. The first kappa shape index (κ1) is 12.4. The highest BCUT2D eigenvalue weighted by atomic mass is 32.1. The summed E-state index contributed by atoms with van der Waals surface area (Å²) in [4.78, 5) is 12.4. The Morgan fingerprint density at radius 3 is 2.83 bits per heavy atom. The Labute approximate surface area is 109 Å². The number of ether oxygens (including phenoxy) is 2. The van der Waals surface area contributed by atoms with Crippen molar-refractivity contribution in [3.8, 4) is 5.75 Å². The van der Waals surface area contributed by atoms with Crippen molar-refractivity contribution in [2.75, 3.05) is 12.8 Å². The quantitative estimate of drug-likeness (QED) is 0.680. The lowest BCUT2D eigenvalue weighted by atomic mass is 10.2. The smallest absolute Gasteiger partial charge is 0.337 e. The zero-order chi connectivity index (χ0) is 13.0. The van der Waals surface area contributed by atoms with Crippen LogP contribution >= 0.6 is 11.3 Å². The van der Waals surface area contributed by atoms with E-state index >= 15 is 0 Å². The maximum Gasteiger partial charge on any atom is 0.337 e. The molecule has 0 aliphatic rings. The highest BCUT2D eigenvalue weighted by Crippen LogP contribution is 2.24. The number of esters is 1. The molecule has 0 unspecified atom stereocenters. The monoisotopic (exact) mass is 263 g/mol. The molecule has 2 rings (SSSR count). The molecule has 0 fully saturated rings. The van der Waals surface area contributed by atoms with Gasteiger partial charge in [-0.15, -0.1) is 11.3 Å². The minimum atomic E-state index is -0.411. The molecule has 1 aromatic carbocycles. The van der Waals surface area contributed by atoms with Crippen molar-refractivity contribution in [3.63, 3.8) is 0 Å². The molecule has 4 nitrogen and oxygen atoms in total. The SMILES string of the molecule is COC(=O)c1ccc(OCc2cccs2)c(N)c1. The number of carbonyl (C=O) groups excluding carboxylic acids is 1. The maximum atomic E-state index is 11.3. The molecule has 94 valence electrons. The van der Waals surface area contributed by atoms with E-state index in [1.54, 1.807) is 29.5 Å². The minimum Gasteiger partial charge on any atom is -0.486 e. The van der Waals surface area contributed by atoms with Crippen LogP contribution in [0.1, 0.15) is 15.2 Å². The van der Waals surface area contributed by atoms with Crippen LogP contribution in [-0.4, -0.2) is 13.1 Å². The largest absolute Gasteiger partial charge is 0.486 e. The molecule has 1 heterocycles. The predicted octanol–water partition coefficient (Wildman–Crippen LogP) is 2.70. The molecule has 18 heavy (non-hydrogen) atoms. The molecular weight excluding hydrogens is 250 g/mol. The van der Waals surface area contributed by atoms with E-state index < -0.39 is 5.97 Å². The van der Waals surface area contributed by atoms with E-state index in [4.69, 9.17) is 10.5 Å². The van der Waals surface area contributed by atoms with E-state index in [2.05, 4.69) is 4.74 Å². The van der Waals surface area contributed by atoms with Crippen LogP contribution in [0.5, 0.6) is 5.75 Å². The molecule has 5 heteroatoms. The van der Waals surface area contributed by atoms with Gasteiger partial charge in [-0.1, -0.05) is 6.07 Å². The van der Waals surface area contributed by atoms with Crippen molar-refractivity contribution < 1.29 is 14.3 Å². The van der Waals surface area contributed by atoms with Gasteiger partial charge in [0, 0.05) is 4.88 Å². The van der Waals surface area contributed by atoms with Gasteiger partial charge in [-0.3, -0.25) is 0 Å². The molecule has 0 atom stereocenters. The Balaban J connectivity index is 2.08. The summed E-state index contributed by atoms with van der Waals surface area (Å²) in [6.07, 6.45) is 0. The highest BCUT2D eigenvalue weighted by Gasteiger charge is 2.08. The zero-order valence-electron chi connectivity index (χ0n) is 9.88. The lowest BCUT2D eigenvalue weighted by Crippen LogP contribution is -2.03. The Morgan fingerprint density at radius 2 is 2.22 bits per heavy atom. The van der Waals surface area contributed by atoms with Crippen LogP contribution in [0.25, 0.3) is 0 Å². The van der Waals surface area contributed by atoms with E-state index in [0.29, 0.717) is 23.6 Å². The van der Waals surface area contributed by atoms with E-state index in [-0.39, 0.29) is 0 Å². The number of methoxy groups -OCH3 is 1. The third-order valence-electron chi connectivity index (χ3n) is 2.38. The van der Waals surface area contributed by atoms with E-state index in [1.165, 1.54) is 7.11 Å². The Kier molecular flexibility index (Phi) is 3.84. The second-order valence-electron chi connectivity index (χ2n) is 3.61. The van der Waals surface area contributed by atoms with Gasteiger partial charge in [0.1, 0.15) is 12.4 Å². The number of anilines is 1. The zero-order valence-corrected chi connectivity index (χ0v) is 10.7. The van der Waals surface area contributed by atoms with Gasteiger partial charge >= 0.3 is 5.97 Å². The van der Waals surface area contributed by atoms with Crippen molar-refractivity contribution in [2.45, 2.75) is 6.61 Å². The average molecular weight is 263 g/mol. The molecule has 0 amide bonds. The summed E-state index contributed by atoms with van der Waals surface area (Å²) in [5, 5.41) is 1.99. The van der Waals surface area contributed by atoms with Crippen LogP contribution in [0.2, 0.25) is 0 Å². The molecule has 0 aliphatic carbocycles. The number of thiophene rings is 1. The predicted molar refractivity (Wildman–Crippen MR) is 70.8 cm³/mol. The minimum absolute atomic E-state index is 0.411. The summed E-state index contributed by atoms with van der Waals surface area (Å²) >= 11 is 1.62. The molecule has 0 aliphatic heterocycles. The summed E-state index contributed by atoms with van der Waals surface area (Å²) in [5.74, 6) is 0.155. The molecule has 0 radical (unpaired) electrons. The van der Waals surface area contributed by atoms with Crippen molar-refractivity contribution >= 4 is 23.0 Å². The maximum absolute atomic E-state index is 11.3. The molecule has 1 aromatic heterocycles. The molecule has 2 N–H and O–H groups in total. The van der Waals surface area contributed by atoms with Gasteiger partial charge in [0.25, 0.3) is 0 Å². The molecule has 0 saturated carbocycles. The Morgan fingerprint density at radius 1 is 1.39 bits per heavy atom. The van der Waals surface area contributed by atoms with Gasteiger partial charge in [-0.05, 0) is 29.6 Å². The van der Waals surface area contributed by atoms with Crippen LogP contribution in [-0.2, 0) is 11.3 Å².